The Hall–Kier alpha value is -1.42. The zero-order chi connectivity index (χ0) is 15.0. The van der Waals surface area contributed by atoms with E-state index in [-0.39, 0.29) is 10.9 Å². The van der Waals surface area contributed by atoms with Crippen molar-refractivity contribution in [2.24, 2.45) is 0 Å². The minimum Gasteiger partial charge on any atom is -0.299 e. The van der Waals surface area contributed by atoms with Crippen LogP contribution in [0, 0.1) is 18.3 Å². The topological polar surface area (TPSA) is 73.2 Å². The number of likely N-dealkylation sites (tertiary alicyclic amines) is 1. The maximum atomic E-state index is 12.4. The second-order valence-electron chi connectivity index (χ2n) is 5.92. The second kappa shape index (κ2) is 5.41. The molecule has 1 saturated carbocycles. The number of nitrogens with zero attached hydrogens (tertiary/aromatic N) is 2. The van der Waals surface area contributed by atoms with Gasteiger partial charge in [-0.25, -0.2) is 13.1 Å². The smallest absolute Gasteiger partial charge is 0.240 e. The Bertz CT molecular complexity index is 689. The van der Waals surface area contributed by atoms with E-state index in [0.29, 0.717) is 17.2 Å². The van der Waals surface area contributed by atoms with Crippen molar-refractivity contribution in [2.75, 3.05) is 13.1 Å². The molecule has 2 fully saturated rings. The second-order valence-corrected chi connectivity index (χ2v) is 7.64. The summed E-state index contributed by atoms with van der Waals surface area (Å²) in [6.45, 7) is 3.53. The Morgan fingerprint density at radius 3 is 2.71 bits per heavy atom. The number of rotatable bonds is 4. The van der Waals surface area contributed by atoms with Crippen LogP contribution >= 0.6 is 0 Å². The molecule has 0 radical (unpaired) electrons. The van der Waals surface area contributed by atoms with Gasteiger partial charge in [-0.05, 0) is 49.9 Å². The molecule has 0 bridgehead atoms. The highest BCUT2D eigenvalue weighted by molar-refractivity contribution is 7.89. The predicted molar refractivity (Wildman–Crippen MR) is 79.2 cm³/mol. The van der Waals surface area contributed by atoms with Crippen molar-refractivity contribution in [3.05, 3.63) is 29.3 Å². The third-order valence-corrected chi connectivity index (χ3v) is 5.75. The summed E-state index contributed by atoms with van der Waals surface area (Å²) < 4.78 is 27.6. The quantitative estimate of drug-likeness (QED) is 0.912. The summed E-state index contributed by atoms with van der Waals surface area (Å²) in [5.41, 5.74) is 1.20. The predicted octanol–water partition coefficient (Wildman–Crippen LogP) is 1.38. The molecule has 1 aliphatic heterocycles. The number of nitrogens with one attached hydrogen (secondary N) is 1. The summed E-state index contributed by atoms with van der Waals surface area (Å²) in [5.74, 6) is 0. The van der Waals surface area contributed by atoms with Crippen LogP contribution in [0.3, 0.4) is 0 Å². The molecular weight excluding hydrogens is 286 g/mol. The lowest BCUT2D eigenvalue weighted by Crippen LogP contribution is -2.37. The van der Waals surface area contributed by atoms with E-state index in [4.69, 9.17) is 5.26 Å². The molecule has 5 nitrogen and oxygen atoms in total. The van der Waals surface area contributed by atoms with Gasteiger partial charge in [-0.2, -0.15) is 5.26 Å². The summed E-state index contributed by atoms with van der Waals surface area (Å²) in [7, 11) is -3.51. The Morgan fingerprint density at radius 2 is 2.10 bits per heavy atom. The molecule has 1 N–H and O–H groups in total. The van der Waals surface area contributed by atoms with E-state index in [0.717, 1.165) is 19.5 Å². The van der Waals surface area contributed by atoms with Crippen molar-refractivity contribution < 1.29 is 8.42 Å². The van der Waals surface area contributed by atoms with Gasteiger partial charge in [0.15, 0.2) is 0 Å². The van der Waals surface area contributed by atoms with Gasteiger partial charge in [0.05, 0.1) is 16.5 Å². The van der Waals surface area contributed by atoms with Gasteiger partial charge in [0.25, 0.3) is 0 Å². The molecule has 2 aliphatic rings. The first-order valence-electron chi connectivity index (χ1n) is 7.27. The van der Waals surface area contributed by atoms with E-state index in [9.17, 15) is 8.42 Å². The highest BCUT2D eigenvalue weighted by Gasteiger charge is 2.35. The van der Waals surface area contributed by atoms with Gasteiger partial charge in [0, 0.05) is 25.2 Å². The molecule has 1 heterocycles. The number of benzene rings is 1. The lowest BCUT2D eigenvalue weighted by Gasteiger charge is -2.16. The maximum absolute atomic E-state index is 12.4. The molecule has 1 aromatic rings. The van der Waals surface area contributed by atoms with Gasteiger partial charge in [-0.1, -0.05) is 0 Å². The zero-order valence-electron chi connectivity index (χ0n) is 12.0. The average Bonchev–Trinajstić information content (AvgIpc) is 3.19. The lowest BCUT2D eigenvalue weighted by molar-refractivity contribution is 0.322. The number of hydrogen-bond donors (Lipinski definition) is 1. The van der Waals surface area contributed by atoms with Crippen molar-refractivity contribution in [3.8, 4) is 6.07 Å². The highest BCUT2D eigenvalue weighted by Crippen LogP contribution is 2.30. The van der Waals surface area contributed by atoms with Crippen molar-refractivity contribution >= 4 is 10.0 Å². The molecule has 1 atom stereocenters. The van der Waals surface area contributed by atoms with Crippen molar-refractivity contribution in [1.82, 2.24) is 9.62 Å². The summed E-state index contributed by atoms with van der Waals surface area (Å²) in [5, 5.41) is 8.91. The number of nitriles is 1. The van der Waals surface area contributed by atoms with Gasteiger partial charge >= 0.3 is 0 Å². The Labute approximate surface area is 125 Å². The molecule has 0 spiro atoms. The molecule has 21 heavy (non-hydrogen) atoms. The van der Waals surface area contributed by atoms with Gasteiger partial charge < -0.3 is 0 Å². The molecule has 0 amide bonds. The lowest BCUT2D eigenvalue weighted by atomic mass is 10.1. The largest absolute Gasteiger partial charge is 0.299 e. The summed E-state index contributed by atoms with van der Waals surface area (Å²) in [6.07, 6.45) is 3.35. The van der Waals surface area contributed by atoms with Crippen LogP contribution in [0.4, 0.5) is 0 Å². The summed E-state index contributed by atoms with van der Waals surface area (Å²) >= 11 is 0. The van der Waals surface area contributed by atoms with Crippen LogP contribution in [0.15, 0.2) is 23.1 Å². The first kappa shape index (κ1) is 14.5. The van der Waals surface area contributed by atoms with E-state index in [1.54, 1.807) is 19.1 Å². The minimum absolute atomic E-state index is 0.00782. The van der Waals surface area contributed by atoms with E-state index >= 15 is 0 Å². The Balaban J connectivity index is 1.72. The Morgan fingerprint density at radius 1 is 1.33 bits per heavy atom. The molecule has 1 unspecified atom stereocenters. The monoisotopic (exact) mass is 305 g/mol. The van der Waals surface area contributed by atoms with Crippen LogP contribution in [0.25, 0.3) is 0 Å². The van der Waals surface area contributed by atoms with Crippen molar-refractivity contribution in [3.63, 3.8) is 0 Å². The van der Waals surface area contributed by atoms with Crippen molar-refractivity contribution in [1.29, 1.82) is 5.26 Å². The standard InChI is InChI=1S/C15H19N3O2S/c1-11-8-15(5-2-12(11)9-16)21(19,20)17-13-6-7-18(10-13)14-3-4-14/h2,5,8,13-14,17H,3-4,6-7,10H2,1H3. The highest BCUT2D eigenvalue weighted by atomic mass is 32.2. The Kier molecular flexibility index (Phi) is 3.74. The molecule has 1 aromatic carbocycles. The molecule has 0 aromatic heterocycles. The van der Waals surface area contributed by atoms with Crippen LogP contribution in [0.5, 0.6) is 0 Å². The molecule has 112 valence electrons. The van der Waals surface area contributed by atoms with Crippen LogP contribution in [0.2, 0.25) is 0 Å². The van der Waals surface area contributed by atoms with Crippen LogP contribution < -0.4 is 4.72 Å². The molecule has 6 heteroatoms. The molecule has 3 rings (SSSR count). The van der Waals surface area contributed by atoms with E-state index < -0.39 is 10.0 Å². The van der Waals surface area contributed by atoms with Gasteiger partial charge in [0.1, 0.15) is 0 Å². The maximum Gasteiger partial charge on any atom is 0.240 e. The van der Waals surface area contributed by atoms with Crippen LogP contribution in [-0.4, -0.2) is 38.5 Å². The molecule has 1 saturated heterocycles. The average molecular weight is 305 g/mol. The summed E-state index contributed by atoms with van der Waals surface area (Å²) in [6, 6.07) is 7.35. The fourth-order valence-corrected chi connectivity index (χ4v) is 4.22. The zero-order valence-corrected chi connectivity index (χ0v) is 12.9. The molecule has 1 aliphatic carbocycles. The fourth-order valence-electron chi connectivity index (χ4n) is 2.87. The first-order valence-corrected chi connectivity index (χ1v) is 8.75. The summed E-state index contributed by atoms with van der Waals surface area (Å²) in [4.78, 5) is 2.61. The number of aryl methyl sites for hydroxylation is 1. The number of hydrogen-bond acceptors (Lipinski definition) is 4. The first-order chi connectivity index (χ1) is 9.99. The van der Waals surface area contributed by atoms with Crippen LogP contribution in [-0.2, 0) is 10.0 Å². The third kappa shape index (κ3) is 3.10. The minimum atomic E-state index is -3.51. The van der Waals surface area contributed by atoms with Gasteiger partial charge in [0.2, 0.25) is 10.0 Å². The van der Waals surface area contributed by atoms with E-state index in [1.165, 1.54) is 18.9 Å². The fraction of sp³-hybridized carbons (Fsp3) is 0.533. The van der Waals surface area contributed by atoms with E-state index in [2.05, 4.69) is 15.7 Å². The molecular formula is C15H19N3O2S. The SMILES string of the molecule is Cc1cc(S(=O)(=O)NC2CCN(C3CC3)C2)ccc1C#N. The normalized spacial score (nSPS) is 23.1. The third-order valence-electron chi connectivity index (χ3n) is 4.23. The van der Waals surface area contributed by atoms with Crippen molar-refractivity contribution in [2.45, 2.75) is 43.2 Å². The van der Waals surface area contributed by atoms with Gasteiger partial charge in [-0.15, -0.1) is 0 Å². The van der Waals surface area contributed by atoms with Gasteiger partial charge in [-0.3, -0.25) is 4.90 Å². The number of sulfonamides is 1. The van der Waals surface area contributed by atoms with E-state index in [1.807, 2.05) is 0 Å². The van der Waals surface area contributed by atoms with Crippen LogP contribution in [0.1, 0.15) is 30.4 Å².